The summed E-state index contributed by atoms with van der Waals surface area (Å²) in [4.78, 5) is 10.2. The number of imidazole rings is 1. The van der Waals surface area contributed by atoms with Gasteiger partial charge in [-0.3, -0.25) is 4.90 Å². The number of aromatic amines is 1. The minimum absolute atomic E-state index is 0.512. The minimum Gasteiger partial charge on any atom is -0.348 e. The van der Waals surface area contributed by atoms with Gasteiger partial charge in [0.2, 0.25) is 0 Å². The van der Waals surface area contributed by atoms with Crippen molar-refractivity contribution in [3.8, 4) is 5.69 Å². The van der Waals surface area contributed by atoms with E-state index >= 15 is 0 Å². The van der Waals surface area contributed by atoms with Crippen molar-refractivity contribution in [1.29, 1.82) is 0 Å². The number of rotatable bonds is 4. The van der Waals surface area contributed by atoms with Gasteiger partial charge in [-0.1, -0.05) is 18.2 Å². The summed E-state index contributed by atoms with van der Waals surface area (Å²) in [5, 5.41) is 4.69. The third-order valence-corrected chi connectivity index (χ3v) is 4.83. The molecule has 4 rings (SSSR count). The van der Waals surface area contributed by atoms with Crippen LogP contribution in [0.4, 0.5) is 0 Å². The number of nitrogens with one attached hydrogen (secondary N) is 1. The number of H-pyrrole nitrogens is 1. The lowest BCUT2D eigenvalue weighted by Gasteiger charge is -2.31. The number of aryl methyl sites for hydroxylation is 1. The van der Waals surface area contributed by atoms with Crippen LogP contribution in [0.5, 0.6) is 0 Å². The van der Waals surface area contributed by atoms with Gasteiger partial charge in [-0.2, -0.15) is 5.10 Å². The van der Waals surface area contributed by atoms with Gasteiger partial charge in [-0.15, -0.1) is 0 Å². The fraction of sp³-hybridized carbons (Fsp3) is 0.368. The van der Waals surface area contributed by atoms with E-state index in [9.17, 15) is 0 Å². The van der Waals surface area contributed by atoms with Crippen LogP contribution in [0.15, 0.2) is 48.9 Å². The van der Waals surface area contributed by atoms with Gasteiger partial charge in [-0.05, 0) is 38.4 Å². The van der Waals surface area contributed by atoms with Gasteiger partial charge in [0.15, 0.2) is 0 Å². The third-order valence-electron chi connectivity index (χ3n) is 4.83. The first kappa shape index (κ1) is 15.1. The van der Waals surface area contributed by atoms with Gasteiger partial charge in [0.1, 0.15) is 5.82 Å². The number of aromatic nitrogens is 4. The molecule has 0 saturated carbocycles. The average Bonchev–Trinajstić information content (AvgIpc) is 3.27. The molecule has 5 nitrogen and oxygen atoms in total. The molecule has 3 heterocycles. The van der Waals surface area contributed by atoms with E-state index in [-0.39, 0.29) is 0 Å². The largest absolute Gasteiger partial charge is 0.348 e. The molecule has 0 aliphatic carbocycles. The second kappa shape index (κ2) is 6.61. The van der Waals surface area contributed by atoms with Crippen molar-refractivity contribution in [3.63, 3.8) is 0 Å². The van der Waals surface area contributed by atoms with E-state index in [1.54, 1.807) is 0 Å². The van der Waals surface area contributed by atoms with E-state index in [2.05, 4.69) is 45.2 Å². The van der Waals surface area contributed by atoms with Crippen LogP contribution in [0.2, 0.25) is 0 Å². The minimum atomic E-state index is 0.512. The molecule has 1 atom stereocenters. The Morgan fingerprint density at radius 2 is 2.12 bits per heavy atom. The third kappa shape index (κ3) is 3.12. The number of hydrogen-bond acceptors (Lipinski definition) is 3. The molecule has 1 aliphatic rings. The van der Waals surface area contributed by atoms with E-state index in [1.807, 2.05) is 35.3 Å². The van der Waals surface area contributed by atoms with E-state index in [0.717, 1.165) is 36.8 Å². The lowest BCUT2D eigenvalue weighted by molar-refractivity contribution is 0.196. The molecule has 24 heavy (non-hydrogen) atoms. The Labute approximate surface area is 142 Å². The predicted molar refractivity (Wildman–Crippen MR) is 94.1 cm³/mol. The lowest BCUT2D eigenvalue weighted by atomic mass is 9.97. The van der Waals surface area contributed by atoms with Crippen molar-refractivity contribution in [2.24, 2.45) is 0 Å². The molecule has 5 heteroatoms. The molecule has 1 unspecified atom stereocenters. The molecule has 1 saturated heterocycles. The van der Waals surface area contributed by atoms with Crippen LogP contribution < -0.4 is 0 Å². The van der Waals surface area contributed by atoms with Crippen LogP contribution in [0.1, 0.15) is 35.8 Å². The van der Waals surface area contributed by atoms with Crippen LogP contribution in [0.25, 0.3) is 5.69 Å². The molecule has 0 spiro atoms. The number of likely N-dealkylation sites (tertiary alicyclic amines) is 1. The second-order valence-electron chi connectivity index (χ2n) is 6.57. The maximum absolute atomic E-state index is 4.69. The van der Waals surface area contributed by atoms with Gasteiger partial charge in [0.25, 0.3) is 0 Å². The standard InChI is InChI=1S/C19H23N5/c1-15-17(14-24(22-15)18-7-3-2-4-8-18)13-23-11-5-6-16(12-23)19-20-9-10-21-19/h2-4,7-10,14,16H,5-6,11-13H2,1H3,(H,20,21). The van der Waals surface area contributed by atoms with Gasteiger partial charge in [0.05, 0.1) is 11.4 Å². The van der Waals surface area contributed by atoms with Crippen LogP contribution in [-0.2, 0) is 6.54 Å². The van der Waals surface area contributed by atoms with Gasteiger partial charge in [-0.25, -0.2) is 9.67 Å². The van der Waals surface area contributed by atoms with Crippen molar-refractivity contribution in [2.75, 3.05) is 13.1 Å². The van der Waals surface area contributed by atoms with E-state index in [4.69, 9.17) is 0 Å². The molecule has 0 bridgehead atoms. The monoisotopic (exact) mass is 321 g/mol. The van der Waals surface area contributed by atoms with Crippen molar-refractivity contribution >= 4 is 0 Å². The maximum atomic E-state index is 4.69. The molecular formula is C19H23N5. The maximum Gasteiger partial charge on any atom is 0.110 e. The molecule has 0 amide bonds. The average molecular weight is 321 g/mol. The Morgan fingerprint density at radius 3 is 2.92 bits per heavy atom. The molecule has 0 radical (unpaired) electrons. The molecule has 124 valence electrons. The van der Waals surface area contributed by atoms with Crippen molar-refractivity contribution in [2.45, 2.75) is 32.2 Å². The normalized spacial score (nSPS) is 18.8. The van der Waals surface area contributed by atoms with Crippen molar-refractivity contribution in [3.05, 3.63) is 66.0 Å². The summed E-state index contributed by atoms with van der Waals surface area (Å²) in [6.07, 6.45) is 8.37. The molecule has 1 aromatic carbocycles. The first-order chi connectivity index (χ1) is 11.8. The number of hydrogen-bond donors (Lipinski definition) is 1. The number of para-hydroxylation sites is 1. The number of piperidine rings is 1. The van der Waals surface area contributed by atoms with Crippen molar-refractivity contribution in [1.82, 2.24) is 24.6 Å². The number of benzene rings is 1. The zero-order valence-electron chi connectivity index (χ0n) is 14.0. The smallest absolute Gasteiger partial charge is 0.110 e. The SMILES string of the molecule is Cc1nn(-c2ccccc2)cc1CN1CCCC(c2ncc[nH]2)C1. The summed E-state index contributed by atoms with van der Waals surface area (Å²) in [6.45, 7) is 5.26. The zero-order valence-corrected chi connectivity index (χ0v) is 14.0. The lowest BCUT2D eigenvalue weighted by Crippen LogP contribution is -2.34. The Hall–Kier alpha value is -2.40. The molecular weight excluding hydrogens is 298 g/mol. The molecule has 1 N–H and O–H groups in total. The summed E-state index contributed by atoms with van der Waals surface area (Å²) in [5.41, 5.74) is 3.52. The zero-order chi connectivity index (χ0) is 16.4. The Balaban J connectivity index is 1.48. The molecule has 2 aromatic heterocycles. The first-order valence-electron chi connectivity index (χ1n) is 8.62. The van der Waals surface area contributed by atoms with Crippen LogP contribution in [0, 0.1) is 6.92 Å². The van der Waals surface area contributed by atoms with Gasteiger partial charge in [0, 0.05) is 43.2 Å². The summed E-state index contributed by atoms with van der Waals surface area (Å²) < 4.78 is 1.98. The van der Waals surface area contributed by atoms with E-state index in [0.29, 0.717) is 5.92 Å². The Kier molecular flexibility index (Phi) is 4.17. The van der Waals surface area contributed by atoms with Crippen LogP contribution in [0.3, 0.4) is 0 Å². The topological polar surface area (TPSA) is 49.7 Å². The quantitative estimate of drug-likeness (QED) is 0.802. The fourth-order valence-electron chi connectivity index (χ4n) is 3.53. The van der Waals surface area contributed by atoms with E-state index in [1.165, 1.54) is 18.4 Å². The summed E-state index contributed by atoms with van der Waals surface area (Å²) in [6, 6.07) is 10.3. The number of nitrogens with zero attached hydrogens (tertiary/aromatic N) is 4. The summed E-state index contributed by atoms with van der Waals surface area (Å²) in [7, 11) is 0. The molecule has 1 aliphatic heterocycles. The van der Waals surface area contributed by atoms with E-state index < -0.39 is 0 Å². The Morgan fingerprint density at radius 1 is 1.25 bits per heavy atom. The van der Waals surface area contributed by atoms with Crippen LogP contribution >= 0.6 is 0 Å². The first-order valence-corrected chi connectivity index (χ1v) is 8.62. The van der Waals surface area contributed by atoms with Gasteiger partial charge < -0.3 is 4.98 Å². The predicted octanol–water partition coefficient (Wildman–Crippen LogP) is 3.28. The molecule has 1 fully saturated rings. The highest BCUT2D eigenvalue weighted by atomic mass is 15.3. The second-order valence-corrected chi connectivity index (χ2v) is 6.57. The summed E-state index contributed by atoms with van der Waals surface area (Å²) in [5.74, 6) is 1.63. The highest BCUT2D eigenvalue weighted by Gasteiger charge is 2.23. The van der Waals surface area contributed by atoms with Gasteiger partial charge >= 0.3 is 0 Å². The molecule has 3 aromatic rings. The summed E-state index contributed by atoms with van der Waals surface area (Å²) >= 11 is 0. The highest BCUT2D eigenvalue weighted by molar-refractivity contribution is 5.32. The Bertz CT molecular complexity index is 775. The van der Waals surface area contributed by atoms with Crippen LogP contribution in [-0.4, -0.2) is 37.7 Å². The highest BCUT2D eigenvalue weighted by Crippen LogP contribution is 2.26. The van der Waals surface area contributed by atoms with Crippen molar-refractivity contribution < 1.29 is 0 Å². The fourth-order valence-corrected chi connectivity index (χ4v) is 3.53.